The number of hydrogen-bond donors (Lipinski definition) is 0. The first-order valence-electron chi connectivity index (χ1n) is 8.76. The molecular formula is C19H28O. The van der Waals surface area contributed by atoms with Crippen LogP contribution in [0.1, 0.15) is 71.6 Å². The summed E-state index contributed by atoms with van der Waals surface area (Å²) in [6.45, 7) is 5.18. The van der Waals surface area contributed by atoms with Gasteiger partial charge in [0.1, 0.15) is 0 Å². The van der Waals surface area contributed by atoms with E-state index in [-0.39, 0.29) is 0 Å². The average molecular weight is 272 g/mol. The van der Waals surface area contributed by atoms with E-state index >= 15 is 0 Å². The van der Waals surface area contributed by atoms with Gasteiger partial charge < -0.3 is 0 Å². The van der Waals surface area contributed by atoms with Gasteiger partial charge in [-0.2, -0.15) is 0 Å². The van der Waals surface area contributed by atoms with Gasteiger partial charge in [-0.1, -0.05) is 25.8 Å². The minimum absolute atomic E-state index is 0.390. The van der Waals surface area contributed by atoms with Crippen molar-refractivity contribution in [2.24, 2.45) is 28.6 Å². The van der Waals surface area contributed by atoms with Crippen LogP contribution < -0.4 is 0 Å². The van der Waals surface area contributed by atoms with Crippen LogP contribution in [0.3, 0.4) is 0 Å². The lowest BCUT2D eigenvalue weighted by atomic mass is 9.45. The third kappa shape index (κ3) is 1.64. The van der Waals surface area contributed by atoms with E-state index in [9.17, 15) is 4.79 Å². The fraction of sp³-hybridized carbons (Fsp3) is 0.842. The molecule has 0 unspecified atom stereocenters. The van der Waals surface area contributed by atoms with Crippen LogP contribution in [-0.2, 0) is 4.79 Å². The Bertz CT molecular complexity index is 476. The van der Waals surface area contributed by atoms with Gasteiger partial charge in [0.15, 0.2) is 5.78 Å². The Morgan fingerprint density at radius 3 is 2.75 bits per heavy atom. The van der Waals surface area contributed by atoms with Crippen molar-refractivity contribution < 1.29 is 4.79 Å². The van der Waals surface area contributed by atoms with Crippen molar-refractivity contribution in [3.8, 4) is 0 Å². The zero-order valence-corrected chi connectivity index (χ0v) is 13.1. The van der Waals surface area contributed by atoms with Gasteiger partial charge in [-0.05, 0) is 79.6 Å². The summed E-state index contributed by atoms with van der Waals surface area (Å²) in [7, 11) is 0. The molecule has 3 fully saturated rings. The number of carbonyl (C=O) groups excluding carboxylic acids is 1. The summed E-state index contributed by atoms with van der Waals surface area (Å²) in [5.74, 6) is 2.96. The lowest BCUT2D eigenvalue weighted by molar-refractivity contribution is -0.117. The Kier molecular flexibility index (Phi) is 2.76. The summed E-state index contributed by atoms with van der Waals surface area (Å²) in [6.07, 6.45) is 13.8. The van der Waals surface area contributed by atoms with Crippen molar-refractivity contribution in [1.29, 1.82) is 0 Å². The topological polar surface area (TPSA) is 17.1 Å². The van der Waals surface area contributed by atoms with Crippen LogP contribution in [0, 0.1) is 28.6 Å². The quantitative estimate of drug-likeness (QED) is 0.612. The molecule has 0 bridgehead atoms. The van der Waals surface area contributed by atoms with E-state index in [1.54, 1.807) is 0 Å². The van der Waals surface area contributed by atoms with Crippen LogP contribution in [0.2, 0.25) is 0 Å². The van der Waals surface area contributed by atoms with Gasteiger partial charge in [0, 0.05) is 6.42 Å². The molecule has 0 saturated heterocycles. The number of carbonyl (C=O) groups is 1. The van der Waals surface area contributed by atoms with E-state index in [1.807, 2.05) is 6.08 Å². The van der Waals surface area contributed by atoms with Gasteiger partial charge >= 0.3 is 0 Å². The Morgan fingerprint density at radius 1 is 1.05 bits per heavy atom. The maximum absolute atomic E-state index is 11.7. The Labute approximate surface area is 123 Å². The maximum atomic E-state index is 11.7. The van der Waals surface area contributed by atoms with Crippen LogP contribution in [-0.4, -0.2) is 5.78 Å². The minimum atomic E-state index is 0.390. The van der Waals surface area contributed by atoms with E-state index in [1.165, 1.54) is 50.5 Å². The number of allylic oxidation sites excluding steroid dienone is 1. The van der Waals surface area contributed by atoms with Crippen LogP contribution in [0.25, 0.3) is 0 Å². The fourth-order valence-corrected chi connectivity index (χ4v) is 6.75. The van der Waals surface area contributed by atoms with Crippen molar-refractivity contribution in [2.75, 3.05) is 0 Å². The standard InChI is InChI=1S/C19H28O/c1-18-9-3-4-17(18)19(2)11-7-13-12-14(20)5-6-15(13)16(19)8-10-18/h12,15-17H,3-11H2,1-2H3/t15-,16+,17+,18-,19+/m0/s1. The molecule has 0 amide bonds. The second-order valence-corrected chi connectivity index (χ2v) is 8.58. The monoisotopic (exact) mass is 272 g/mol. The lowest BCUT2D eigenvalue weighted by Crippen LogP contribution is -2.51. The maximum Gasteiger partial charge on any atom is 0.155 e. The number of hydrogen-bond acceptors (Lipinski definition) is 1. The molecule has 4 rings (SSSR count). The molecule has 0 N–H and O–H groups in total. The molecule has 0 aliphatic heterocycles. The summed E-state index contributed by atoms with van der Waals surface area (Å²) in [6, 6.07) is 0. The van der Waals surface area contributed by atoms with E-state index in [2.05, 4.69) is 13.8 Å². The molecule has 1 heteroatoms. The highest BCUT2D eigenvalue weighted by atomic mass is 16.1. The van der Waals surface area contributed by atoms with Crippen molar-refractivity contribution in [2.45, 2.75) is 71.6 Å². The average Bonchev–Trinajstić information content (AvgIpc) is 2.81. The third-order valence-corrected chi connectivity index (χ3v) is 7.71. The first-order chi connectivity index (χ1) is 9.53. The molecule has 0 aromatic heterocycles. The smallest absolute Gasteiger partial charge is 0.155 e. The van der Waals surface area contributed by atoms with E-state index in [0.29, 0.717) is 16.6 Å². The van der Waals surface area contributed by atoms with E-state index in [0.717, 1.165) is 30.6 Å². The van der Waals surface area contributed by atoms with Gasteiger partial charge in [-0.15, -0.1) is 0 Å². The number of fused-ring (bicyclic) bond motifs is 5. The zero-order chi connectivity index (χ0) is 14.0. The molecule has 0 heterocycles. The van der Waals surface area contributed by atoms with Gasteiger partial charge in [0.05, 0.1) is 0 Å². The van der Waals surface area contributed by atoms with Crippen LogP contribution >= 0.6 is 0 Å². The zero-order valence-electron chi connectivity index (χ0n) is 13.1. The highest BCUT2D eigenvalue weighted by Gasteiger charge is 2.58. The highest BCUT2D eigenvalue weighted by Crippen LogP contribution is 2.67. The van der Waals surface area contributed by atoms with Crippen molar-refractivity contribution in [3.05, 3.63) is 11.6 Å². The van der Waals surface area contributed by atoms with Crippen molar-refractivity contribution >= 4 is 5.78 Å². The Balaban J connectivity index is 1.70. The number of ketones is 1. The van der Waals surface area contributed by atoms with Gasteiger partial charge in [0.25, 0.3) is 0 Å². The van der Waals surface area contributed by atoms with Crippen molar-refractivity contribution in [3.63, 3.8) is 0 Å². The molecule has 1 nitrogen and oxygen atoms in total. The highest BCUT2D eigenvalue weighted by molar-refractivity contribution is 5.91. The molecule has 0 radical (unpaired) electrons. The van der Waals surface area contributed by atoms with Crippen molar-refractivity contribution in [1.82, 2.24) is 0 Å². The summed E-state index contributed by atoms with van der Waals surface area (Å²) >= 11 is 0. The largest absolute Gasteiger partial charge is 0.295 e. The van der Waals surface area contributed by atoms with Gasteiger partial charge in [-0.3, -0.25) is 4.79 Å². The predicted octanol–water partition coefficient (Wildman–Crippen LogP) is 4.91. The summed E-state index contributed by atoms with van der Waals surface area (Å²) in [5.41, 5.74) is 2.72. The van der Waals surface area contributed by atoms with Gasteiger partial charge in [0.2, 0.25) is 0 Å². The molecule has 110 valence electrons. The molecule has 5 atom stereocenters. The summed E-state index contributed by atoms with van der Waals surface area (Å²) in [4.78, 5) is 11.7. The van der Waals surface area contributed by atoms with E-state index < -0.39 is 0 Å². The second kappa shape index (κ2) is 4.21. The molecule has 4 aliphatic rings. The molecule has 0 aromatic rings. The molecule has 4 aliphatic carbocycles. The molecule has 20 heavy (non-hydrogen) atoms. The molecule has 0 spiro atoms. The Morgan fingerprint density at radius 2 is 1.90 bits per heavy atom. The lowest BCUT2D eigenvalue weighted by Gasteiger charge is -2.59. The van der Waals surface area contributed by atoms with Crippen LogP contribution in [0.15, 0.2) is 11.6 Å². The molecular weight excluding hydrogens is 244 g/mol. The van der Waals surface area contributed by atoms with E-state index in [4.69, 9.17) is 0 Å². The van der Waals surface area contributed by atoms with Crippen LogP contribution in [0.4, 0.5) is 0 Å². The van der Waals surface area contributed by atoms with Gasteiger partial charge in [-0.25, -0.2) is 0 Å². The minimum Gasteiger partial charge on any atom is -0.295 e. The third-order valence-electron chi connectivity index (χ3n) is 7.71. The predicted molar refractivity (Wildman–Crippen MR) is 81.3 cm³/mol. The normalized spacial score (nSPS) is 51.0. The second-order valence-electron chi connectivity index (χ2n) is 8.58. The Hall–Kier alpha value is -0.590. The summed E-state index contributed by atoms with van der Waals surface area (Å²) < 4.78 is 0. The fourth-order valence-electron chi connectivity index (χ4n) is 6.75. The first-order valence-corrected chi connectivity index (χ1v) is 8.76. The summed E-state index contributed by atoms with van der Waals surface area (Å²) in [5, 5.41) is 0. The van der Waals surface area contributed by atoms with Crippen LogP contribution in [0.5, 0.6) is 0 Å². The molecule has 3 saturated carbocycles. The SMILES string of the molecule is C[C@@]12CCC[C@H]1[C@]1(C)CCC3=CC(=O)CC[C@@H]3[C@H]1CC2. The number of rotatable bonds is 0. The molecule has 0 aromatic carbocycles. The first kappa shape index (κ1) is 13.1.